The fourth-order valence-electron chi connectivity index (χ4n) is 2.09. The van der Waals surface area contributed by atoms with Gasteiger partial charge in [-0.15, -0.1) is 0 Å². The summed E-state index contributed by atoms with van der Waals surface area (Å²) in [4.78, 5) is 6.43. The summed E-state index contributed by atoms with van der Waals surface area (Å²) in [6, 6.07) is 3.79. The molecule has 0 saturated carbocycles. The van der Waals surface area contributed by atoms with Crippen LogP contribution in [-0.4, -0.2) is 34.4 Å². The van der Waals surface area contributed by atoms with E-state index in [-0.39, 0.29) is 6.10 Å². The minimum Gasteiger partial charge on any atom is -0.391 e. The van der Waals surface area contributed by atoms with Crippen molar-refractivity contribution in [1.29, 1.82) is 0 Å². The Morgan fingerprint density at radius 1 is 1.47 bits per heavy atom. The predicted molar refractivity (Wildman–Crippen MR) is 66.9 cm³/mol. The van der Waals surface area contributed by atoms with Gasteiger partial charge < -0.3 is 15.1 Å². The number of pyridine rings is 1. The number of piperidine rings is 1. The van der Waals surface area contributed by atoms with E-state index in [9.17, 15) is 10.2 Å². The van der Waals surface area contributed by atoms with Gasteiger partial charge in [-0.2, -0.15) is 0 Å². The molecule has 2 N–H and O–H groups in total. The van der Waals surface area contributed by atoms with Gasteiger partial charge in [-0.05, 0) is 30.9 Å². The van der Waals surface area contributed by atoms with Gasteiger partial charge in [0.25, 0.3) is 0 Å². The fourth-order valence-corrected chi connectivity index (χ4v) is 2.09. The quantitative estimate of drug-likeness (QED) is 0.813. The summed E-state index contributed by atoms with van der Waals surface area (Å²) in [5, 5.41) is 19.3. The van der Waals surface area contributed by atoms with Gasteiger partial charge in [0.15, 0.2) is 0 Å². The Balaban J connectivity index is 2.07. The second-order valence-corrected chi connectivity index (χ2v) is 4.91. The van der Waals surface area contributed by atoms with Gasteiger partial charge in [0.2, 0.25) is 0 Å². The van der Waals surface area contributed by atoms with E-state index in [0.717, 1.165) is 24.3 Å². The number of aromatic nitrogens is 1. The minimum absolute atomic E-state index is 0.276. The van der Waals surface area contributed by atoms with E-state index in [1.165, 1.54) is 0 Å². The van der Waals surface area contributed by atoms with Gasteiger partial charge in [0.1, 0.15) is 5.82 Å². The number of aliphatic hydroxyl groups excluding tert-OH is 2. The van der Waals surface area contributed by atoms with Crippen LogP contribution in [0.1, 0.15) is 31.9 Å². The van der Waals surface area contributed by atoms with Gasteiger partial charge in [-0.3, -0.25) is 0 Å². The maximum absolute atomic E-state index is 9.84. The van der Waals surface area contributed by atoms with Crippen LogP contribution in [0.15, 0.2) is 18.3 Å². The van der Waals surface area contributed by atoms with Crippen LogP contribution in [-0.2, 0) is 0 Å². The third kappa shape index (κ3) is 2.76. The van der Waals surface area contributed by atoms with Crippen molar-refractivity contribution in [2.24, 2.45) is 5.92 Å². The standard InChI is InChI=1S/C13H20N2O2/c1-9-5-6-15(8-12(9)17)13-4-3-11(7-14-13)10(2)16/h3-4,7,9-10,12,16-17H,5-6,8H2,1-2H3/t9?,10-,12?/m0/s1. The highest BCUT2D eigenvalue weighted by atomic mass is 16.3. The van der Waals surface area contributed by atoms with Crippen molar-refractivity contribution in [1.82, 2.24) is 4.98 Å². The summed E-state index contributed by atoms with van der Waals surface area (Å²) in [6.07, 6.45) is 1.93. The third-order valence-electron chi connectivity index (χ3n) is 3.50. The van der Waals surface area contributed by atoms with Crippen LogP contribution < -0.4 is 4.90 Å². The van der Waals surface area contributed by atoms with Crippen molar-refractivity contribution in [3.8, 4) is 0 Å². The second-order valence-electron chi connectivity index (χ2n) is 4.91. The van der Waals surface area contributed by atoms with Crippen molar-refractivity contribution >= 4 is 5.82 Å². The molecule has 1 fully saturated rings. The lowest BCUT2D eigenvalue weighted by molar-refractivity contribution is 0.102. The van der Waals surface area contributed by atoms with E-state index < -0.39 is 6.10 Å². The molecule has 1 aromatic rings. The number of aliphatic hydroxyl groups is 2. The van der Waals surface area contributed by atoms with Crippen LogP contribution in [0.2, 0.25) is 0 Å². The molecule has 3 atom stereocenters. The Bertz CT molecular complexity index is 364. The summed E-state index contributed by atoms with van der Waals surface area (Å²) in [5.41, 5.74) is 0.819. The highest BCUT2D eigenvalue weighted by Crippen LogP contribution is 2.22. The highest BCUT2D eigenvalue weighted by Gasteiger charge is 2.24. The number of hydrogen-bond donors (Lipinski definition) is 2. The molecule has 2 heterocycles. The topological polar surface area (TPSA) is 56.6 Å². The normalized spacial score (nSPS) is 26.9. The van der Waals surface area contributed by atoms with E-state index >= 15 is 0 Å². The van der Waals surface area contributed by atoms with E-state index in [1.807, 2.05) is 12.1 Å². The molecule has 2 unspecified atom stereocenters. The van der Waals surface area contributed by atoms with Crippen LogP contribution >= 0.6 is 0 Å². The van der Waals surface area contributed by atoms with Crippen molar-refractivity contribution in [3.63, 3.8) is 0 Å². The van der Waals surface area contributed by atoms with Crippen LogP contribution in [0, 0.1) is 5.92 Å². The van der Waals surface area contributed by atoms with Crippen LogP contribution in [0.4, 0.5) is 5.82 Å². The van der Waals surface area contributed by atoms with Crippen molar-refractivity contribution in [2.45, 2.75) is 32.5 Å². The largest absolute Gasteiger partial charge is 0.391 e. The molecule has 4 nitrogen and oxygen atoms in total. The lowest BCUT2D eigenvalue weighted by Crippen LogP contribution is -2.43. The minimum atomic E-state index is -0.483. The Kier molecular flexibility index (Phi) is 3.64. The molecular weight excluding hydrogens is 216 g/mol. The van der Waals surface area contributed by atoms with E-state index in [4.69, 9.17) is 0 Å². The van der Waals surface area contributed by atoms with Gasteiger partial charge in [-0.1, -0.05) is 13.0 Å². The Labute approximate surface area is 102 Å². The number of nitrogens with zero attached hydrogens (tertiary/aromatic N) is 2. The number of hydrogen-bond acceptors (Lipinski definition) is 4. The zero-order valence-electron chi connectivity index (χ0n) is 10.4. The molecule has 0 spiro atoms. The van der Waals surface area contributed by atoms with Gasteiger partial charge in [0, 0.05) is 19.3 Å². The molecule has 1 saturated heterocycles. The predicted octanol–water partition coefficient (Wildman–Crippen LogP) is 1.34. The first-order chi connectivity index (χ1) is 8.08. The number of β-amino-alcohol motifs (C(OH)–C–C–N with tert-alkyl or cyclic N) is 1. The van der Waals surface area contributed by atoms with E-state index in [0.29, 0.717) is 12.5 Å². The summed E-state index contributed by atoms with van der Waals surface area (Å²) < 4.78 is 0. The van der Waals surface area contributed by atoms with Crippen molar-refractivity contribution in [2.75, 3.05) is 18.0 Å². The van der Waals surface area contributed by atoms with Crippen LogP contribution in [0.25, 0.3) is 0 Å². The van der Waals surface area contributed by atoms with Gasteiger partial charge in [0.05, 0.1) is 12.2 Å². The molecule has 4 heteroatoms. The molecule has 94 valence electrons. The lowest BCUT2D eigenvalue weighted by atomic mass is 9.96. The summed E-state index contributed by atoms with van der Waals surface area (Å²) in [5.74, 6) is 1.24. The van der Waals surface area contributed by atoms with E-state index in [1.54, 1.807) is 13.1 Å². The first kappa shape index (κ1) is 12.3. The Morgan fingerprint density at radius 2 is 2.24 bits per heavy atom. The monoisotopic (exact) mass is 236 g/mol. The molecule has 0 bridgehead atoms. The lowest BCUT2D eigenvalue weighted by Gasteiger charge is -2.35. The zero-order valence-corrected chi connectivity index (χ0v) is 10.4. The maximum Gasteiger partial charge on any atom is 0.128 e. The molecule has 0 amide bonds. The first-order valence-electron chi connectivity index (χ1n) is 6.15. The SMILES string of the molecule is CC1CCN(c2ccc([C@H](C)O)cn2)CC1O. The van der Waals surface area contributed by atoms with Crippen LogP contribution in [0.5, 0.6) is 0 Å². The Hall–Kier alpha value is -1.13. The first-order valence-corrected chi connectivity index (χ1v) is 6.15. The van der Waals surface area contributed by atoms with Crippen molar-refractivity contribution < 1.29 is 10.2 Å². The van der Waals surface area contributed by atoms with Crippen LogP contribution in [0.3, 0.4) is 0 Å². The molecular formula is C13H20N2O2. The maximum atomic E-state index is 9.84. The van der Waals surface area contributed by atoms with Gasteiger partial charge in [-0.25, -0.2) is 4.98 Å². The zero-order chi connectivity index (χ0) is 12.4. The Morgan fingerprint density at radius 3 is 2.76 bits per heavy atom. The average molecular weight is 236 g/mol. The van der Waals surface area contributed by atoms with Gasteiger partial charge >= 0.3 is 0 Å². The average Bonchev–Trinajstić information content (AvgIpc) is 2.33. The molecule has 1 aliphatic heterocycles. The number of rotatable bonds is 2. The summed E-state index contributed by atoms with van der Waals surface area (Å²) in [6.45, 7) is 5.37. The molecule has 1 aliphatic rings. The summed E-state index contributed by atoms with van der Waals surface area (Å²) >= 11 is 0. The molecule has 2 rings (SSSR count). The fraction of sp³-hybridized carbons (Fsp3) is 0.615. The molecule has 1 aromatic heterocycles. The highest BCUT2D eigenvalue weighted by molar-refractivity contribution is 5.40. The number of anilines is 1. The smallest absolute Gasteiger partial charge is 0.128 e. The molecule has 0 aromatic carbocycles. The summed E-state index contributed by atoms with van der Waals surface area (Å²) in [7, 11) is 0. The third-order valence-corrected chi connectivity index (χ3v) is 3.50. The van der Waals surface area contributed by atoms with Crippen molar-refractivity contribution in [3.05, 3.63) is 23.9 Å². The van der Waals surface area contributed by atoms with E-state index in [2.05, 4.69) is 16.8 Å². The molecule has 0 radical (unpaired) electrons. The second kappa shape index (κ2) is 5.02. The molecule has 17 heavy (non-hydrogen) atoms. The molecule has 0 aliphatic carbocycles.